The zero-order valence-corrected chi connectivity index (χ0v) is 15.2. The van der Waals surface area contributed by atoms with Crippen LogP contribution in [0.15, 0.2) is 6.07 Å². The molecule has 1 aromatic rings. The Morgan fingerprint density at radius 1 is 1.23 bits per heavy atom. The average molecular weight is 376 g/mol. The quantitative estimate of drug-likeness (QED) is 0.872. The van der Waals surface area contributed by atoms with Crippen molar-refractivity contribution in [2.24, 2.45) is 0 Å². The third-order valence-corrected chi connectivity index (χ3v) is 3.76. The van der Waals surface area contributed by atoms with Crippen LogP contribution in [0.3, 0.4) is 0 Å². The molecule has 7 nitrogen and oxygen atoms in total. The van der Waals surface area contributed by atoms with E-state index in [1.807, 2.05) is 0 Å². The van der Waals surface area contributed by atoms with Crippen LogP contribution in [0.5, 0.6) is 5.75 Å². The van der Waals surface area contributed by atoms with Gasteiger partial charge in [0.25, 0.3) is 0 Å². The number of carbonyl (C=O) groups is 1. The summed E-state index contributed by atoms with van der Waals surface area (Å²) in [5.74, 6) is 0.123. The number of hydrogen-bond acceptors (Lipinski definition) is 6. The first-order chi connectivity index (χ1) is 12.0. The minimum Gasteiger partial charge on any atom is -0.493 e. The lowest BCUT2D eigenvalue weighted by Crippen LogP contribution is -2.44. The van der Waals surface area contributed by atoms with E-state index in [0.717, 1.165) is 6.07 Å². The highest BCUT2D eigenvalue weighted by atomic mass is 19.4. The number of nitrogens with one attached hydrogen (secondary N) is 1. The molecule has 2 rings (SSSR count). The molecule has 0 saturated carbocycles. The van der Waals surface area contributed by atoms with Gasteiger partial charge in [-0.3, -0.25) is 0 Å². The van der Waals surface area contributed by atoms with Crippen LogP contribution in [0, 0.1) is 0 Å². The molecule has 146 valence electrons. The van der Waals surface area contributed by atoms with Gasteiger partial charge in [-0.05, 0) is 33.6 Å². The summed E-state index contributed by atoms with van der Waals surface area (Å²) in [6.07, 6.45) is -3.75. The van der Waals surface area contributed by atoms with Crippen LogP contribution in [0.2, 0.25) is 0 Å². The molecule has 1 aliphatic heterocycles. The summed E-state index contributed by atoms with van der Waals surface area (Å²) < 4.78 is 48.4. The maximum absolute atomic E-state index is 12.7. The van der Waals surface area contributed by atoms with Gasteiger partial charge in [0.05, 0.1) is 7.11 Å². The third kappa shape index (κ3) is 5.37. The topological polar surface area (TPSA) is 76.6 Å². The molecule has 0 aliphatic carbocycles. The number of methoxy groups -OCH3 is 1. The van der Waals surface area contributed by atoms with Gasteiger partial charge in [0.15, 0.2) is 17.3 Å². The molecule has 1 amide bonds. The van der Waals surface area contributed by atoms with E-state index in [2.05, 4.69) is 15.5 Å². The van der Waals surface area contributed by atoms with E-state index < -0.39 is 17.5 Å². The molecule has 0 atom stereocenters. The molecule has 1 saturated heterocycles. The normalized spacial score (nSPS) is 16.3. The first kappa shape index (κ1) is 20.1. The van der Waals surface area contributed by atoms with Crippen LogP contribution in [0.4, 0.5) is 23.8 Å². The number of ether oxygens (including phenoxy) is 2. The van der Waals surface area contributed by atoms with Crippen molar-refractivity contribution in [2.75, 3.05) is 25.5 Å². The van der Waals surface area contributed by atoms with Crippen molar-refractivity contribution in [3.05, 3.63) is 11.8 Å². The second kappa shape index (κ2) is 7.55. The standard InChI is InChI=1S/C16H23F3N4O3/c1-15(2,3)26-14(24)23-7-5-10(6-8-23)20-13-11(25-4)9-12(21-22-13)16(17,18)19/h9-10H,5-8H2,1-4H3,(H,20,22). The van der Waals surface area contributed by atoms with Gasteiger partial charge < -0.3 is 19.7 Å². The molecule has 0 bridgehead atoms. The highest BCUT2D eigenvalue weighted by Crippen LogP contribution is 2.32. The highest BCUT2D eigenvalue weighted by Gasteiger charge is 2.34. The smallest absolute Gasteiger partial charge is 0.435 e. The zero-order chi connectivity index (χ0) is 19.5. The SMILES string of the molecule is COc1cc(C(F)(F)F)nnc1NC1CCN(C(=O)OC(C)(C)C)CC1. The van der Waals surface area contributed by atoms with Crippen LogP contribution >= 0.6 is 0 Å². The van der Waals surface area contributed by atoms with Gasteiger partial charge in [-0.2, -0.15) is 13.2 Å². The zero-order valence-electron chi connectivity index (χ0n) is 15.2. The van der Waals surface area contributed by atoms with Crippen molar-refractivity contribution in [1.82, 2.24) is 15.1 Å². The van der Waals surface area contributed by atoms with E-state index in [4.69, 9.17) is 9.47 Å². The fraction of sp³-hybridized carbons (Fsp3) is 0.688. The Balaban J connectivity index is 1.96. The fourth-order valence-electron chi connectivity index (χ4n) is 2.49. The monoisotopic (exact) mass is 376 g/mol. The highest BCUT2D eigenvalue weighted by molar-refractivity contribution is 5.68. The summed E-state index contributed by atoms with van der Waals surface area (Å²) >= 11 is 0. The van der Waals surface area contributed by atoms with Crippen LogP contribution in [0.1, 0.15) is 39.3 Å². The molecule has 1 aromatic heterocycles. The number of rotatable bonds is 3. The molecule has 10 heteroatoms. The second-order valence-electron chi connectivity index (χ2n) is 7.03. The first-order valence-corrected chi connectivity index (χ1v) is 8.23. The Bertz CT molecular complexity index is 639. The van der Waals surface area contributed by atoms with Crippen LogP contribution in [0.25, 0.3) is 0 Å². The number of hydrogen-bond donors (Lipinski definition) is 1. The van der Waals surface area contributed by atoms with Crippen LogP contribution in [-0.4, -0.2) is 53.0 Å². The lowest BCUT2D eigenvalue weighted by atomic mass is 10.1. The number of halogens is 3. The van der Waals surface area contributed by atoms with E-state index in [1.54, 1.807) is 25.7 Å². The van der Waals surface area contributed by atoms with Crippen LogP contribution in [-0.2, 0) is 10.9 Å². The molecular formula is C16H23F3N4O3. The second-order valence-corrected chi connectivity index (χ2v) is 7.03. The summed E-state index contributed by atoms with van der Waals surface area (Å²) in [6, 6.07) is 0.749. The van der Waals surface area contributed by atoms with E-state index in [1.165, 1.54) is 7.11 Å². The van der Waals surface area contributed by atoms with E-state index in [0.29, 0.717) is 25.9 Å². The van der Waals surface area contributed by atoms with Crippen molar-refractivity contribution in [1.29, 1.82) is 0 Å². The Hall–Kier alpha value is -2.26. The third-order valence-electron chi connectivity index (χ3n) is 3.76. The summed E-state index contributed by atoms with van der Waals surface area (Å²) in [5.41, 5.74) is -1.67. The number of amides is 1. The number of likely N-dealkylation sites (tertiary alicyclic amines) is 1. The van der Waals surface area contributed by atoms with Crippen molar-refractivity contribution in [2.45, 2.75) is 51.4 Å². The Kier molecular flexibility index (Phi) is 5.82. The molecular weight excluding hydrogens is 353 g/mol. The minimum absolute atomic E-state index is 0.0260. The Morgan fingerprint density at radius 3 is 2.35 bits per heavy atom. The Morgan fingerprint density at radius 2 is 1.85 bits per heavy atom. The van der Waals surface area contributed by atoms with Crippen molar-refractivity contribution < 1.29 is 27.4 Å². The summed E-state index contributed by atoms with van der Waals surface area (Å²) in [4.78, 5) is 13.7. The van der Waals surface area contributed by atoms with Gasteiger partial charge in [-0.15, -0.1) is 10.2 Å². The number of nitrogens with zero attached hydrogens (tertiary/aromatic N) is 3. The lowest BCUT2D eigenvalue weighted by Gasteiger charge is -2.34. The number of aromatic nitrogens is 2. The summed E-state index contributed by atoms with van der Waals surface area (Å²) in [7, 11) is 1.27. The predicted molar refractivity (Wildman–Crippen MR) is 88.0 cm³/mol. The van der Waals surface area contributed by atoms with Gasteiger partial charge in [-0.1, -0.05) is 0 Å². The average Bonchev–Trinajstić information content (AvgIpc) is 2.53. The maximum Gasteiger partial charge on any atom is 0.435 e. The molecule has 0 aromatic carbocycles. The molecule has 0 spiro atoms. The fourth-order valence-corrected chi connectivity index (χ4v) is 2.49. The minimum atomic E-state index is -4.59. The largest absolute Gasteiger partial charge is 0.493 e. The molecule has 0 unspecified atom stereocenters. The number of piperidine rings is 1. The molecule has 26 heavy (non-hydrogen) atoms. The van der Waals surface area contributed by atoms with Crippen molar-refractivity contribution in [3.8, 4) is 5.75 Å². The Labute approximate surface area is 149 Å². The van der Waals surface area contributed by atoms with E-state index in [-0.39, 0.29) is 23.7 Å². The van der Waals surface area contributed by atoms with Gasteiger partial charge in [0.1, 0.15) is 5.60 Å². The van der Waals surface area contributed by atoms with E-state index >= 15 is 0 Å². The number of anilines is 1. The van der Waals surface area contributed by atoms with Crippen LogP contribution < -0.4 is 10.1 Å². The lowest BCUT2D eigenvalue weighted by molar-refractivity contribution is -0.141. The van der Waals surface area contributed by atoms with Gasteiger partial charge in [0.2, 0.25) is 0 Å². The number of carbonyl (C=O) groups excluding carboxylic acids is 1. The molecule has 0 radical (unpaired) electrons. The number of alkyl halides is 3. The van der Waals surface area contributed by atoms with Crippen molar-refractivity contribution in [3.63, 3.8) is 0 Å². The van der Waals surface area contributed by atoms with Gasteiger partial charge in [0, 0.05) is 25.2 Å². The first-order valence-electron chi connectivity index (χ1n) is 8.23. The maximum atomic E-state index is 12.7. The molecule has 1 aliphatic rings. The molecule has 1 fully saturated rings. The molecule has 2 heterocycles. The van der Waals surface area contributed by atoms with Gasteiger partial charge in [-0.25, -0.2) is 4.79 Å². The van der Waals surface area contributed by atoms with Gasteiger partial charge >= 0.3 is 12.3 Å². The van der Waals surface area contributed by atoms with Crippen molar-refractivity contribution >= 4 is 11.9 Å². The van der Waals surface area contributed by atoms with E-state index in [9.17, 15) is 18.0 Å². The molecule has 1 N–H and O–H groups in total. The summed E-state index contributed by atoms with van der Waals surface area (Å²) in [5, 5.41) is 9.85. The summed E-state index contributed by atoms with van der Waals surface area (Å²) in [6.45, 7) is 6.35. The predicted octanol–water partition coefficient (Wildman–Crippen LogP) is 3.32.